The summed E-state index contributed by atoms with van der Waals surface area (Å²) in [5, 5.41) is 0. The van der Waals surface area contributed by atoms with Crippen molar-refractivity contribution in [2.45, 2.75) is 20.0 Å². The van der Waals surface area contributed by atoms with Crippen molar-refractivity contribution in [2.24, 2.45) is 5.73 Å². The molecule has 6 heteroatoms. The summed E-state index contributed by atoms with van der Waals surface area (Å²) in [6.07, 6.45) is 0. The van der Waals surface area contributed by atoms with Crippen molar-refractivity contribution >= 4 is 10.0 Å². The fourth-order valence-corrected chi connectivity index (χ4v) is 3.19. The number of benzene rings is 1. The van der Waals surface area contributed by atoms with Crippen molar-refractivity contribution in [3.05, 3.63) is 35.4 Å². The Kier molecular flexibility index (Phi) is 6.44. The molecule has 0 heterocycles. The van der Waals surface area contributed by atoms with Gasteiger partial charge in [-0.05, 0) is 11.1 Å². The second-order valence-electron chi connectivity index (χ2n) is 4.21. The summed E-state index contributed by atoms with van der Waals surface area (Å²) >= 11 is 0. The average molecular weight is 286 g/mol. The lowest BCUT2D eigenvalue weighted by molar-refractivity contribution is 0.215. The van der Waals surface area contributed by atoms with E-state index in [1.807, 2.05) is 31.2 Å². The summed E-state index contributed by atoms with van der Waals surface area (Å²) in [6.45, 7) is 3.24. The number of methoxy groups -OCH3 is 1. The van der Waals surface area contributed by atoms with Crippen molar-refractivity contribution in [2.75, 3.05) is 26.0 Å². The summed E-state index contributed by atoms with van der Waals surface area (Å²) in [5.74, 6) is 0.00211. The van der Waals surface area contributed by atoms with E-state index in [4.69, 9.17) is 10.5 Å². The number of ether oxygens (including phenoxy) is 1. The number of hydrogen-bond acceptors (Lipinski definition) is 4. The molecule has 0 aliphatic rings. The van der Waals surface area contributed by atoms with Gasteiger partial charge in [-0.15, -0.1) is 0 Å². The van der Waals surface area contributed by atoms with Gasteiger partial charge in [0.1, 0.15) is 0 Å². The summed E-state index contributed by atoms with van der Waals surface area (Å²) in [7, 11) is -1.79. The van der Waals surface area contributed by atoms with Crippen molar-refractivity contribution in [1.29, 1.82) is 0 Å². The van der Waals surface area contributed by atoms with Gasteiger partial charge in [0.2, 0.25) is 10.0 Å². The minimum Gasteiger partial charge on any atom is -0.384 e. The molecule has 0 radical (unpaired) electrons. The van der Waals surface area contributed by atoms with Gasteiger partial charge in [-0.25, -0.2) is 8.42 Å². The molecule has 2 N–H and O–H groups in total. The van der Waals surface area contributed by atoms with Gasteiger partial charge < -0.3 is 10.5 Å². The first kappa shape index (κ1) is 16.1. The van der Waals surface area contributed by atoms with Gasteiger partial charge in [0.05, 0.1) is 12.4 Å². The van der Waals surface area contributed by atoms with Crippen LogP contribution >= 0.6 is 0 Å². The molecule has 0 spiro atoms. The fourth-order valence-electron chi connectivity index (χ4n) is 1.83. The Hall–Kier alpha value is -0.950. The highest BCUT2D eigenvalue weighted by Gasteiger charge is 2.21. The van der Waals surface area contributed by atoms with Crippen molar-refractivity contribution in [1.82, 2.24) is 4.31 Å². The van der Waals surface area contributed by atoms with Gasteiger partial charge in [-0.3, -0.25) is 0 Å². The highest BCUT2D eigenvalue weighted by molar-refractivity contribution is 7.89. The Labute approximate surface area is 115 Å². The third-order valence-corrected chi connectivity index (χ3v) is 4.83. The monoisotopic (exact) mass is 286 g/mol. The second-order valence-corrected chi connectivity index (χ2v) is 6.30. The second kappa shape index (κ2) is 7.59. The van der Waals surface area contributed by atoms with Gasteiger partial charge >= 0.3 is 0 Å². The van der Waals surface area contributed by atoms with Crippen molar-refractivity contribution in [3.8, 4) is 0 Å². The molecule has 0 atom stereocenters. The molecule has 0 saturated heterocycles. The Balaban J connectivity index is 2.87. The molecule has 0 bridgehead atoms. The predicted molar refractivity (Wildman–Crippen MR) is 76.1 cm³/mol. The van der Waals surface area contributed by atoms with E-state index in [2.05, 4.69) is 0 Å². The molecule has 108 valence electrons. The number of hydrogen-bond donors (Lipinski definition) is 1. The van der Waals surface area contributed by atoms with Gasteiger partial charge in [-0.2, -0.15) is 4.31 Å². The van der Waals surface area contributed by atoms with Crippen LogP contribution in [0.25, 0.3) is 0 Å². The van der Waals surface area contributed by atoms with Gasteiger partial charge in [0, 0.05) is 26.7 Å². The van der Waals surface area contributed by atoms with Gasteiger partial charge in [-0.1, -0.05) is 31.2 Å². The summed E-state index contributed by atoms with van der Waals surface area (Å²) in [5.41, 5.74) is 7.60. The van der Waals surface area contributed by atoms with Crippen LogP contribution in [0.4, 0.5) is 0 Å². The van der Waals surface area contributed by atoms with Crippen LogP contribution in [0.15, 0.2) is 24.3 Å². The van der Waals surface area contributed by atoms with E-state index in [1.54, 1.807) is 0 Å². The lowest BCUT2D eigenvalue weighted by Gasteiger charge is -2.21. The van der Waals surface area contributed by atoms with Crippen LogP contribution in [0.3, 0.4) is 0 Å². The maximum Gasteiger partial charge on any atom is 0.216 e. The molecule has 0 aliphatic carbocycles. The molecule has 0 unspecified atom stereocenters. The number of rotatable bonds is 8. The summed E-state index contributed by atoms with van der Waals surface area (Å²) in [6, 6.07) is 7.63. The first-order chi connectivity index (χ1) is 9.05. The zero-order chi connectivity index (χ0) is 14.3. The Morgan fingerprint density at radius 1 is 1.26 bits per heavy atom. The van der Waals surface area contributed by atoms with Gasteiger partial charge in [0.15, 0.2) is 0 Å². The van der Waals surface area contributed by atoms with Gasteiger partial charge in [0.25, 0.3) is 0 Å². The standard InChI is InChI=1S/C13H22N2O3S/c1-3-15(19(16,17)9-8-18-2)11-13-7-5-4-6-12(13)10-14/h4-7H,3,8-11,14H2,1-2H3. The Morgan fingerprint density at radius 3 is 2.42 bits per heavy atom. The molecule has 1 aromatic carbocycles. The predicted octanol–water partition coefficient (Wildman–Crippen LogP) is 0.943. The Bertz CT molecular complexity index is 488. The molecule has 5 nitrogen and oxygen atoms in total. The van der Waals surface area contributed by atoms with Crippen LogP contribution in [-0.4, -0.2) is 38.7 Å². The minimum absolute atomic E-state index is 0.00211. The lowest BCUT2D eigenvalue weighted by atomic mass is 10.1. The van der Waals surface area contributed by atoms with E-state index in [-0.39, 0.29) is 12.4 Å². The van der Waals surface area contributed by atoms with E-state index < -0.39 is 10.0 Å². The van der Waals surface area contributed by atoms with Crippen LogP contribution in [0.2, 0.25) is 0 Å². The zero-order valence-electron chi connectivity index (χ0n) is 11.5. The SMILES string of the molecule is CCN(Cc1ccccc1CN)S(=O)(=O)CCOC. The first-order valence-electron chi connectivity index (χ1n) is 6.28. The van der Waals surface area contributed by atoms with E-state index >= 15 is 0 Å². The van der Waals surface area contributed by atoms with E-state index in [0.29, 0.717) is 19.6 Å². The van der Waals surface area contributed by atoms with E-state index in [0.717, 1.165) is 11.1 Å². The minimum atomic E-state index is -3.29. The topological polar surface area (TPSA) is 72.6 Å². The molecule has 0 fully saturated rings. The number of nitrogens with zero attached hydrogens (tertiary/aromatic N) is 1. The summed E-state index contributed by atoms with van der Waals surface area (Å²) < 4.78 is 30.6. The van der Waals surface area contributed by atoms with Crippen LogP contribution in [-0.2, 0) is 27.8 Å². The average Bonchev–Trinajstić information content (AvgIpc) is 2.42. The molecule has 0 aliphatic heterocycles. The molecule has 19 heavy (non-hydrogen) atoms. The van der Waals surface area contributed by atoms with E-state index in [1.165, 1.54) is 11.4 Å². The molecule has 1 aromatic rings. The normalized spacial score (nSPS) is 12.0. The quantitative estimate of drug-likeness (QED) is 0.772. The summed E-state index contributed by atoms with van der Waals surface area (Å²) in [4.78, 5) is 0. The maximum atomic E-state index is 12.1. The molecular weight excluding hydrogens is 264 g/mol. The highest BCUT2D eigenvalue weighted by atomic mass is 32.2. The van der Waals surface area contributed by atoms with Crippen LogP contribution < -0.4 is 5.73 Å². The molecule has 1 rings (SSSR count). The van der Waals surface area contributed by atoms with Crippen molar-refractivity contribution < 1.29 is 13.2 Å². The highest BCUT2D eigenvalue weighted by Crippen LogP contribution is 2.14. The zero-order valence-corrected chi connectivity index (χ0v) is 12.3. The Morgan fingerprint density at radius 2 is 1.89 bits per heavy atom. The molecule has 0 saturated carbocycles. The van der Waals surface area contributed by atoms with Crippen LogP contribution in [0.5, 0.6) is 0 Å². The fraction of sp³-hybridized carbons (Fsp3) is 0.538. The van der Waals surface area contributed by atoms with Crippen molar-refractivity contribution in [3.63, 3.8) is 0 Å². The third kappa shape index (κ3) is 4.58. The largest absolute Gasteiger partial charge is 0.384 e. The first-order valence-corrected chi connectivity index (χ1v) is 7.89. The molecule has 0 aromatic heterocycles. The number of sulfonamides is 1. The number of nitrogens with two attached hydrogens (primary N) is 1. The van der Waals surface area contributed by atoms with E-state index in [9.17, 15) is 8.42 Å². The molecular formula is C13H22N2O3S. The third-order valence-electron chi connectivity index (χ3n) is 2.98. The van der Waals surface area contributed by atoms with Crippen LogP contribution in [0, 0.1) is 0 Å². The lowest BCUT2D eigenvalue weighted by Crippen LogP contribution is -2.34. The maximum absolute atomic E-state index is 12.1. The smallest absolute Gasteiger partial charge is 0.216 e. The van der Waals surface area contributed by atoms with Crippen LogP contribution in [0.1, 0.15) is 18.1 Å². The molecule has 0 amide bonds.